The predicted molar refractivity (Wildman–Crippen MR) is 75.6 cm³/mol. The summed E-state index contributed by atoms with van der Waals surface area (Å²) >= 11 is 0. The van der Waals surface area contributed by atoms with Crippen LogP contribution in [-0.2, 0) is 4.79 Å². The summed E-state index contributed by atoms with van der Waals surface area (Å²) in [5, 5.41) is 8.47. The van der Waals surface area contributed by atoms with E-state index in [1.807, 2.05) is 31.2 Å². The van der Waals surface area contributed by atoms with E-state index in [1.165, 1.54) is 0 Å². The van der Waals surface area contributed by atoms with Crippen LogP contribution in [-0.4, -0.2) is 37.6 Å². The van der Waals surface area contributed by atoms with Crippen LogP contribution in [0.3, 0.4) is 0 Å². The summed E-state index contributed by atoms with van der Waals surface area (Å²) in [6, 6.07) is 9.35. The lowest BCUT2D eigenvalue weighted by Gasteiger charge is -2.15. The van der Waals surface area contributed by atoms with Gasteiger partial charge in [-0.2, -0.15) is 5.26 Å². The molecule has 1 rings (SSSR count). The Morgan fingerprint density at radius 1 is 1.35 bits per heavy atom. The van der Waals surface area contributed by atoms with E-state index in [-0.39, 0.29) is 5.91 Å². The summed E-state index contributed by atoms with van der Waals surface area (Å²) in [6.45, 7) is 3.29. The molecule has 1 aromatic carbocycles. The first-order valence-electron chi connectivity index (χ1n) is 6.64. The number of carbonyl (C=O) groups excluding carboxylic acids is 1. The zero-order chi connectivity index (χ0) is 14.8. The zero-order valence-corrected chi connectivity index (χ0v) is 12.0. The maximum absolute atomic E-state index is 11.7. The second-order valence-corrected chi connectivity index (χ2v) is 4.23. The smallest absolute Gasteiger partial charge is 0.225 e. The van der Waals surface area contributed by atoms with Crippen molar-refractivity contribution in [3.63, 3.8) is 0 Å². The number of amides is 1. The first kappa shape index (κ1) is 15.8. The first-order chi connectivity index (χ1) is 9.67. The number of ether oxygens (including phenoxy) is 2. The molecule has 0 bridgehead atoms. The number of hydrogen-bond acceptors (Lipinski definition) is 4. The molecule has 0 heterocycles. The number of carbonyl (C=O) groups is 1. The molecule has 20 heavy (non-hydrogen) atoms. The zero-order valence-electron chi connectivity index (χ0n) is 12.0. The van der Waals surface area contributed by atoms with Crippen LogP contribution < -0.4 is 9.47 Å². The molecular weight excluding hydrogens is 256 g/mol. The molecule has 0 saturated carbocycles. The van der Waals surface area contributed by atoms with Crippen LogP contribution in [0.2, 0.25) is 0 Å². The van der Waals surface area contributed by atoms with E-state index in [0.29, 0.717) is 38.3 Å². The molecule has 5 nitrogen and oxygen atoms in total. The van der Waals surface area contributed by atoms with Crippen LogP contribution in [0.1, 0.15) is 19.8 Å². The lowest BCUT2D eigenvalue weighted by Crippen LogP contribution is -2.28. The minimum absolute atomic E-state index is 0.0267. The van der Waals surface area contributed by atoms with Crippen molar-refractivity contribution < 1.29 is 14.3 Å². The van der Waals surface area contributed by atoms with Crippen molar-refractivity contribution in [1.82, 2.24) is 4.90 Å². The summed E-state index contributed by atoms with van der Waals surface area (Å²) in [5.41, 5.74) is 0. The molecule has 0 fully saturated rings. The highest BCUT2D eigenvalue weighted by molar-refractivity contribution is 5.75. The normalized spacial score (nSPS) is 9.65. The minimum atomic E-state index is -0.0267. The van der Waals surface area contributed by atoms with Gasteiger partial charge in [-0.05, 0) is 19.1 Å². The molecule has 0 atom stereocenters. The van der Waals surface area contributed by atoms with Gasteiger partial charge in [-0.3, -0.25) is 4.79 Å². The van der Waals surface area contributed by atoms with E-state index >= 15 is 0 Å². The average Bonchev–Trinajstić information content (AvgIpc) is 2.45. The number of rotatable bonds is 8. The molecule has 0 saturated heterocycles. The second-order valence-electron chi connectivity index (χ2n) is 4.23. The molecule has 0 spiro atoms. The van der Waals surface area contributed by atoms with Crippen molar-refractivity contribution in [3.8, 4) is 17.6 Å². The molecular formula is C15H20N2O3. The Labute approximate surface area is 119 Å². The highest BCUT2D eigenvalue weighted by Gasteiger charge is 2.08. The Morgan fingerprint density at radius 3 is 2.70 bits per heavy atom. The van der Waals surface area contributed by atoms with E-state index in [2.05, 4.69) is 0 Å². The standard InChI is InChI=1S/C15H20N2O3/c1-3-19-13-6-4-7-14(12-13)20-11-8-15(18)17(2)10-5-9-16/h4,6-7,12H,3,5,8,10-11H2,1-2H3. The topological polar surface area (TPSA) is 62.6 Å². The Bertz CT molecular complexity index is 468. The molecule has 0 aliphatic carbocycles. The van der Waals surface area contributed by atoms with Gasteiger partial charge in [0.2, 0.25) is 5.91 Å². The van der Waals surface area contributed by atoms with Gasteiger partial charge in [-0.1, -0.05) is 6.07 Å². The highest BCUT2D eigenvalue weighted by atomic mass is 16.5. The number of hydrogen-bond donors (Lipinski definition) is 0. The van der Waals surface area contributed by atoms with E-state index in [4.69, 9.17) is 14.7 Å². The fraction of sp³-hybridized carbons (Fsp3) is 0.467. The number of nitrogens with zero attached hydrogens (tertiary/aromatic N) is 2. The fourth-order valence-corrected chi connectivity index (χ4v) is 1.61. The molecule has 0 N–H and O–H groups in total. The Balaban J connectivity index is 2.35. The van der Waals surface area contributed by atoms with Crippen molar-refractivity contribution in [2.45, 2.75) is 19.8 Å². The van der Waals surface area contributed by atoms with Crippen molar-refractivity contribution >= 4 is 5.91 Å². The summed E-state index contributed by atoms with van der Waals surface area (Å²) in [7, 11) is 1.69. The summed E-state index contributed by atoms with van der Waals surface area (Å²) in [4.78, 5) is 13.3. The van der Waals surface area contributed by atoms with Gasteiger partial charge in [0.15, 0.2) is 0 Å². The summed E-state index contributed by atoms with van der Waals surface area (Å²) < 4.78 is 10.9. The summed E-state index contributed by atoms with van der Waals surface area (Å²) in [6.07, 6.45) is 0.639. The van der Waals surface area contributed by atoms with Gasteiger partial charge in [0, 0.05) is 19.7 Å². The molecule has 108 valence electrons. The molecule has 5 heteroatoms. The van der Waals surface area contributed by atoms with Crippen molar-refractivity contribution in [2.24, 2.45) is 0 Å². The largest absolute Gasteiger partial charge is 0.494 e. The van der Waals surface area contributed by atoms with Crippen LogP contribution in [0.4, 0.5) is 0 Å². The summed E-state index contributed by atoms with van der Waals surface area (Å²) in [5.74, 6) is 1.41. The molecule has 1 aromatic rings. The van der Waals surface area contributed by atoms with Crippen molar-refractivity contribution in [1.29, 1.82) is 5.26 Å². The van der Waals surface area contributed by atoms with Gasteiger partial charge >= 0.3 is 0 Å². The van der Waals surface area contributed by atoms with E-state index in [0.717, 1.165) is 5.75 Å². The highest BCUT2D eigenvalue weighted by Crippen LogP contribution is 2.19. The molecule has 0 aliphatic rings. The lowest BCUT2D eigenvalue weighted by molar-refractivity contribution is -0.130. The van der Waals surface area contributed by atoms with Gasteiger partial charge in [-0.25, -0.2) is 0 Å². The maximum Gasteiger partial charge on any atom is 0.225 e. The lowest BCUT2D eigenvalue weighted by atomic mass is 10.3. The first-order valence-corrected chi connectivity index (χ1v) is 6.64. The molecule has 1 amide bonds. The van der Waals surface area contributed by atoms with Crippen LogP contribution >= 0.6 is 0 Å². The van der Waals surface area contributed by atoms with Crippen molar-refractivity contribution in [3.05, 3.63) is 24.3 Å². The Kier molecular flexibility index (Phi) is 6.97. The SMILES string of the molecule is CCOc1cccc(OCCC(=O)N(C)CCC#N)c1. The Morgan fingerprint density at radius 2 is 2.05 bits per heavy atom. The quantitative estimate of drug-likeness (QED) is 0.730. The second kappa shape index (κ2) is 8.81. The number of nitriles is 1. The van der Waals surface area contributed by atoms with Crippen LogP contribution in [0.15, 0.2) is 24.3 Å². The van der Waals surface area contributed by atoms with Gasteiger partial charge in [-0.15, -0.1) is 0 Å². The minimum Gasteiger partial charge on any atom is -0.494 e. The fourth-order valence-electron chi connectivity index (χ4n) is 1.61. The average molecular weight is 276 g/mol. The number of benzene rings is 1. The monoisotopic (exact) mass is 276 g/mol. The van der Waals surface area contributed by atoms with Crippen LogP contribution in [0, 0.1) is 11.3 Å². The third-order valence-corrected chi connectivity index (χ3v) is 2.69. The third kappa shape index (κ3) is 5.61. The third-order valence-electron chi connectivity index (χ3n) is 2.69. The molecule has 0 unspecified atom stereocenters. The Hall–Kier alpha value is -2.22. The predicted octanol–water partition coefficient (Wildman–Crippen LogP) is 2.23. The molecule has 0 aromatic heterocycles. The maximum atomic E-state index is 11.7. The van der Waals surface area contributed by atoms with Gasteiger partial charge < -0.3 is 14.4 Å². The van der Waals surface area contributed by atoms with Gasteiger partial charge in [0.1, 0.15) is 11.5 Å². The molecule has 0 aliphatic heterocycles. The molecule has 0 radical (unpaired) electrons. The van der Waals surface area contributed by atoms with Gasteiger partial charge in [0.25, 0.3) is 0 Å². The van der Waals surface area contributed by atoms with E-state index < -0.39 is 0 Å². The van der Waals surface area contributed by atoms with Gasteiger partial charge in [0.05, 0.1) is 32.1 Å². The van der Waals surface area contributed by atoms with E-state index in [1.54, 1.807) is 18.0 Å². The van der Waals surface area contributed by atoms with E-state index in [9.17, 15) is 4.79 Å². The van der Waals surface area contributed by atoms with Crippen LogP contribution in [0.5, 0.6) is 11.5 Å². The van der Waals surface area contributed by atoms with Crippen molar-refractivity contribution in [2.75, 3.05) is 26.8 Å². The van der Waals surface area contributed by atoms with Crippen LogP contribution in [0.25, 0.3) is 0 Å².